The second-order valence-electron chi connectivity index (χ2n) is 7.60. The maximum atomic E-state index is 12.2. The van der Waals surface area contributed by atoms with Crippen LogP contribution < -0.4 is 5.32 Å². The number of morpholine rings is 1. The number of nitrogens with zero attached hydrogens (tertiary/aromatic N) is 4. The molecule has 0 aliphatic carbocycles. The minimum absolute atomic E-state index is 0.105. The lowest BCUT2D eigenvalue weighted by molar-refractivity contribution is -0.121. The van der Waals surface area contributed by atoms with E-state index in [1.54, 1.807) is 11.8 Å². The number of hydrogen-bond donors (Lipinski definition) is 1. The first-order valence-electron chi connectivity index (χ1n) is 11.1. The van der Waals surface area contributed by atoms with Crippen LogP contribution in [-0.2, 0) is 9.53 Å². The van der Waals surface area contributed by atoms with E-state index in [0.29, 0.717) is 13.0 Å². The summed E-state index contributed by atoms with van der Waals surface area (Å²) in [6, 6.07) is 20.2. The molecular formula is C24H29N5O2S. The minimum Gasteiger partial charge on any atom is -0.379 e. The topological polar surface area (TPSA) is 72.3 Å². The Balaban J connectivity index is 1.29. The molecule has 2 aromatic carbocycles. The average Bonchev–Trinajstić information content (AvgIpc) is 3.27. The first-order valence-corrected chi connectivity index (χ1v) is 12.1. The van der Waals surface area contributed by atoms with Crippen molar-refractivity contribution in [1.29, 1.82) is 0 Å². The molecule has 1 aliphatic rings. The van der Waals surface area contributed by atoms with Gasteiger partial charge in [-0.15, -0.1) is 10.2 Å². The Morgan fingerprint density at radius 1 is 1.00 bits per heavy atom. The highest BCUT2D eigenvalue weighted by Crippen LogP contribution is 2.28. The van der Waals surface area contributed by atoms with Gasteiger partial charge in [-0.2, -0.15) is 0 Å². The molecule has 4 rings (SSSR count). The quantitative estimate of drug-likeness (QED) is 0.377. The number of carbonyl (C=O) groups excluding carboxylic acids is 1. The predicted molar refractivity (Wildman–Crippen MR) is 127 cm³/mol. The minimum atomic E-state index is 0.105. The number of para-hydroxylation sites is 1. The number of carbonyl (C=O) groups is 1. The fourth-order valence-corrected chi connectivity index (χ4v) is 4.50. The number of thioether (sulfide) groups is 1. The molecule has 7 nitrogen and oxygen atoms in total. The van der Waals surface area contributed by atoms with Crippen molar-refractivity contribution in [2.75, 3.05) is 45.1 Å². The predicted octanol–water partition coefficient (Wildman–Crippen LogP) is 3.26. The first kappa shape index (κ1) is 22.5. The molecule has 1 fully saturated rings. The Morgan fingerprint density at radius 2 is 1.72 bits per heavy atom. The zero-order valence-electron chi connectivity index (χ0n) is 18.2. The SMILES string of the molecule is O=C(CCCSc1nnc(-c2ccccc2)n1-c1ccccc1)NCCN1CCOCC1. The third kappa shape index (κ3) is 6.18. The van der Waals surface area contributed by atoms with E-state index < -0.39 is 0 Å². The van der Waals surface area contributed by atoms with Gasteiger partial charge in [-0.1, -0.05) is 60.3 Å². The summed E-state index contributed by atoms with van der Waals surface area (Å²) in [6.07, 6.45) is 1.30. The zero-order chi connectivity index (χ0) is 22.0. The van der Waals surface area contributed by atoms with Crippen LogP contribution in [0, 0.1) is 0 Å². The number of rotatable bonds is 10. The lowest BCUT2D eigenvalue weighted by atomic mass is 10.2. The van der Waals surface area contributed by atoms with Crippen molar-refractivity contribution in [2.24, 2.45) is 0 Å². The van der Waals surface area contributed by atoms with Gasteiger partial charge in [0.1, 0.15) is 0 Å². The lowest BCUT2D eigenvalue weighted by Gasteiger charge is -2.26. The van der Waals surface area contributed by atoms with E-state index in [9.17, 15) is 4.79 Å². The molecule has 0 saturated carbocycles. The molecule has 3 aromatic rings. The van der Waals surface area contributed by atoms with Gasteiger partial charge in [-0.3, -0.25) is 14.3 Å². The molecule has 0 atom stereocenters. The number of ether oxygens (including phenoxy) is 1. The third-order valence-electron chi connectivity index (χ3n) is 5.31. The summed E-state index contributed by atoms with van der Waals surface area (Å²) in [4.78, 5) is 14.5. The maximum absolute atomic E-state index is 12.2. The summed E-state index contributed by atoms with van der Waals surface area (Å²) in [5.41, 5.74) is 2.05. The molecule has 1 aromatic heterocycles. The van der Waals surface area contributed by atoms with Crippen LogP contribution in [0.15, 0.2) is 65.8 Å². The Labute approximate surface area is 193 Å². The van der Waals surface area contributed by atoms with Crippen molar-refractivity contribution in [3.05, 3.63) is 60.7 Å². The zero-order valence-corrected chi connectivity index (χ0v) is 19.0. The summed E-state index contributed by atoms with van der Waals surface area (Å²) >= 11 is 1.63. The van der Waals surface area contributed by atoms with E-state index in [1.807, 2.05) is 48.5 Å². The summed E-state index contributed by atoms with van der Waals surface area (Å²) in [5.74, 6) is 1.73. The van der Waals surface area contributed by atoms with Crippen LogP contribution in [0.1, 0.15) is 12.8 Å². The molecule has 2 heterocycles. The van der Waals surface area contributed by atoms with Crippen LogP contribution in [-0.4, -0.2) is 70.7 Å². The van der Waals surface area contributed by atoms with Gasteiger partial charge in [0, 0.05) is 49.6 Å². The molecule has 0 unspecified atom stereocenters. The Hall–Kier alpha value is -2.68. The van der Waals surface area contributed by atoms with E-state index in [4.69, 9.17) is 4.74 Å². The summed E-state index contributed by atoms with van der Waals surface area (Å²) in [5, 5.41) is 12.8. The Bertz CT molecular complexity index is 975. The summed E-state index contributed by atoms with van der Waals surface area (Å²) in [6.45, 7) is 5.02. The highest BCUT2D eigenvalue weighted by molar-refractivity contribution is 7.99. The van der Waals surface area contributed by atoms with E-state index in [1.165, 1.54) is 0 Å². The summed E-state index contributed by atoms with van der Waals surface area (Å²) in [7, 11) is 0. The van der Waals surface area contributed by atoms with Gasteiger partial charge in [0.2, 0.25) is 5.91 Å². The van der Waals surface area contributed by atoms with Crippen LogP contribution in [0.2, 0.25) is 0 Å². The molecule has 0 spiro atoms. The van der Waals surface area contributed by atoms with Crippen molar-refractivity contribution in [3.8, 4) is 17.1 Å². The first-order chi connectivity index (χ1) is 15.8. The Morgan fingerprint density at radius 3 is 2.47 bits per heavy atom. The number of benzene rings is 2. The van der Waals surface area contributed by atoms with Gasteiger partial charge >= 0.3 is 0 Å². The molecule has 1 amide bonds. The molecule has 1 N–H and O–H groups in total. The van der Waals surface area contributed by atoms with Gasteiger partial charge in [0.25, 0.3) is 0 Å². The summed E-state index contributed by atoms with van der Waals surface area (Å²) < 4.78 is 7.44. The molecule has 32 heavy (non-hydrogen) atoms. The number of amides is 1. The number of aromatic nitrogens is 3. The van der Waals surface area contributed by atoms with Gasteiger partial charge in [0.15, 0.2) is 11.0 Å². The van der Waals surface area contributed by atoms with Crippen LogP contribution in [0.4, 0.5) is 0 Å². The van der Waals surface area contributed by atoms with Crippen molar-refractivity contribution in [2.45, 2.75) is 18.0 Å². The van der Waals surface area contributed by atoms with Gasteiger partial charge < -0.3 is 10.1 Å². The van der Waals surface area contributed by atoms with Gasteiger partial charge in [-0.25, -0.2) is 0 Å². The van der Waals surface area contributed by atoms with E-state index in [0.717, 1.165) is 67.3 Å². The standard InChI is InChI=1S/C24H29N5O2S/c30-22(25-13-14-28-15-17-31-18-16-28)12-7-19-32-24-27-26-23(20-8-3-1-4-9-20)29(24)21-10-5-2-6-11-21/h1-6,8-11H,7,12-19H2,(H,25,30). The monoisotopic (exact) mass is 451 g/mol. The molecule has 168 valence electrons. The number of hydrogen-bond acceptors (Lipinski definition) is 6. The second kappa shape index (κ2) is 11.8. The highest BCUT2D eigenvalue weighted by atomic mass is 32.2. The van der Waals surface area contributed by atoms with Gasteiger partial charge in [-0.05, 0) is 18.6 Å². The highest BCUT2D eigenvalue weighted by Gasteiger charge is 2.16. The average molecular weight is 452 g/mol. The lowest BCUT2D eigenvalue weighted by Crippen LogP contribution is -2.41. The molecule has 0 bridgehead atoms. The molecular weight excluding hydrogens is 422 g/mol. The van der Waals surface area contributed by atoms with Crippen LogP contribution in [0.5, 0.6) is 0 Å². The van der Waals surface area contributed by atoms with E-state index in [2.05, 4.69) is 37.1 Å². The molecule has 8 heteroatoms. The fourth-order valence-electron chi connectivity index (χ4n) is 3.61. The van der Waals surface area contributed by atoms with Crippen molar-refractivity contribution in [3.63, 3.8) is 0 Å². The van der Waals surface area contributed by atoms with E-state index in [-0.39, 0.29) is 5.91 Å². The van der Waals surface area contributed by atoms with E-state index >= 15 is 0 Å². The van der Waals surface area contributed by atoms with Crippen molar-refractivity contribution in [1.82, 2.24) is 25.0 Å². The molecule has 0 radical (unpaired) electrons. The Kier molecular flexibility index (Phi) is 8.30. The van der Waals surface area contributed by atoms with Crippen LogP contribution in [0.25, 0.3) is 17.1 Å². The normalized spacial score (nSPS) is 14.4. The fraction of sp³-hybridized carbons (Fsp3) is 0.375. The maximum Gasteiger partial charge on any atom is 0.220 e. The molecule has 1 saturated heterocycles. The van der Waals surface area contributed by atoms with Crippen molar-refractivity contribution >= 4 is 17.7 Å². The largest absolute Gasteiger partial charge is 0.379 e. The van der Waals surface area contributed by atoms with Gasteiger partial charge in [0.05, 0.1) is 13.2 Å². The van der Waals surface area contributed by atoms with Crippen LogP contribution >= 0.6 is 11.8 Å². The van der Waals surface area contributed by atoms with Crippen LogP contribution in [0.3, 0.4) is 0 Å². The smallest absolute Gasteiger partial charge is 0.220 e. The second-order valence-corrected chi connectivity index (χ2v) is 8.66. The third-order valence-corrected chi connectivity index (χ3v) is 6.33. The number of nitrogens with one attached hydrogen (secondary N) is 1. The molecule has 1 aliphatic heterocycles. The van der Waals surface area contributed by atoms with Crippen molar-refractivity contribution < 1.29 is 9.53 Å².